The summed E-state index contributed by atoms with van der Waals surface area (Å²) in [4.78, 5) is 15.8. The summed E-state index contributed by atoms with van der Waals surface area (Å²) in [5, 5.41) is 8.84. The van der Waals surface area contributed by atoms with Gasteiger partial charge in [0, 0.05) is 10.6 Å². The van der Waals surface area contributed by atoms with Crippen molar-refractivity contribution in [1.82, 2.24) is 9.36 Å². The number of aromatic nitrogens is 2. The summed E-state index contributed by atoms with van der Waals surface area (Å²) in [6, 6.07) is 4.83. The molecule has 7 heteroatoms. The summed E-state index contributed by atoms with van der Waals surface area (Å²) in [5.74, 6) is -0.293. The summed E-state index contributed by atoms with van der Waals surface area (Å²) in [7, 11) is 0. The number of carboxylic acids is 1. The van der Waals surface area contributed by atoms with Crippen LogP contribution in [0.3, 0.4) is 0 Å². The topological polar surface area (TPSA) is 89.1 Å². The number of benzene rings is 1. The Hall–Kier alpha value is -1.60. The Balaban J connectivity index is 2.23. The second kappa shape index (κ2) is 4.72. The molecule has 2 aromatic rings. The van der Waals surface area contributed by atoms with Gasteiger partial charge in [-0.3, -0.25) is 0 Å². The maximum Gasteiger partial charge on any atom is 0.337 e. The van der Waals surface area contributed by atoms with Crippen molar-refractivity contribution in [2.45, 2.75) is 16.2 Å². The molecule has 0 unspecified atom stereocenters. The molecule has 1 heterocycles. The highest BCUT2D eigenvalue weighted by Crippen LogP contribution is 2.30. The quantitative estimate of drug-likeness (QED) is 0.829. The molecule has 2 rings (SSSR count). The summed E-state index contributed by atoms with van der Waals surface area (Å²) in [6.07, 6.45) is 0. The van der Waals surface area contributed by atoms with Crippen molar-refractivity contribution in [3.05, 3.63) is 29.6 Å². The van der Waals surface area contributed by atoms with Crippen LogP contribution in [0.4, 0.5) is 5.69 Å². The van der Waals surface area contributed by atoms with Gasteiger partial charge in [0.15, 0.2) is 4.34 Å². The molecule has 0 fully saturated rings. The zero-order valence-corrected chi connectivity index (χ0v) is 10.5. The number of hydrogen-bond donors (Lipinski definition) is 2. The minimum Gasteiger partial charge on any atom is -0.478 e. The summed E-state index contributed by atoms with van der Waals surface area (Å²) in [5.41, 5.74) is 6.02. The zero-order chi connectivity index (χ0) is 12.4. The molecule has 0 saturated heterocycles. The number of nitrogens with two attached hydrogens (primary N) is 1. The van der Waals surface area contributed by atoms with Crippen LogP contribution < -0.4 is 5.73 Å². The highest BCUT2D eigenvalue weighted by Gasteiger charge is 2.09. The van der Waals surface area contributed by atoms with Crippen LogP contribution in [0.2, 0.25) is 0 Å². The Morgan fingerprint density at radius 2 is 2.29 bits per heavy atom. The number of nitrogens with zero attached hydrogens (tertiary/aromatic N) is 2. The first-order valence-corrected chi connectivity index (χ1v) is 6.26. The third kappa shape index (κ3) is 2.75. The Morgan fingerprint density at radius 3 is 2.82 bits per heavy atom. The van der Waals surface area contributed by atoms with Gasteiger partial charge in [0.2, 0.25) is 0 Å². The van der Waals surface area contributed by atoms with Gasteiger partial charge in [-0.15, -0.1) is 0 Å². The molecular weight excluding hydrogens is 258 g/mol. The summed E-state index contributed by atoms with van der Waals surface area (Å²) < 4.78 is 4.88. The minimum atomic E-state index is -1.02. The average molecular weight is 267 g/mol. The Bertz CT molecular complexity index is 568. The molecule has 1 aromatic heterocycles. The van der Waals surface area contributed by atoms with Gasteiger partial charge in [-0.05, 0) is 36.7 Å². The zero-order valence-electron chi connectivity index (χ0n) is 8.88. The van der Waals surface area contributed by atoms with Crippen molar-refractivity contribution in [1.29, 1.82) is 0 Å². The van der Waals surface area contributed by atoms with Gasteiger partial charge in [-0.2, -0.15) is 4.37 Å². The van der Waals surface area contributed by atoms with Gasteiger partial charge in [-0.25, -0.2) is 9.78 Å². The number of nitrogen functional groups attached to an aromatic ring is 1. The van der Waals surface area contributed by atoms with Crippen LogP contribution in [0.1, 0.15) is 16.2 Å². The summed E-state index contributed by atoms with van der Waals surface area (Å²) >= 11 is 2.72. The molecule has 0 aliphatic rings. The van der Waals surface area contributed by atoms with E-state index in [1.165, 1.54) is 29.4 Å². The maximum atomic E-state index is 10.8. The van der Waals surface area contributed by atoms with Crippen LogP contribution in [-0.2, 0) is 0 Å². The van der Waals surface area contributed by atoms with Crippen LogP contribution in [0.15, 0.2) is 27.4 Å². The van der Waals surface area contributed by atoms with Gasteiger partial charge >= 0.3 is 5.97 Å². The van der Waals surface area contributed by atoms with Crippen LogP contribution in [0, 0.1) is 6.92 Å². The van der Waals surface area contributed by atoms with Crippen LogP contribution in [-0.4, -0.2) is 20.4 Å². The van der Waals surface area contributed by atoms with Gasteiger partial charge in [0.25, 0.3) is 0 Å². The Labute approximate surface area is 106 Å². The van der Waals surface area contributed by atoms with E-state index in [-0.39, 0.29) is 11.3 Å². The van der Waals surface area contributed by atoms with Crippen molar-refractivity contribution in [2.75, 3.05) is 5.73 Å². The van der Waals surface area contributed by atoms with E-state index in [1.807, 2.05) is 6.92 Å². The fourth-order valence-electron chi connectivity index (χ4n) is 1.22. The van der Waals surface area contributed by atoms with E-state index in [4.69, 9.17) is 10.8 Å². The number of rotatable bonds is 3. The number of hydrogen-bond acceptors (Lipinski definition) is 6. The van der Waals surface area contributed by atoms with E-state index in [1.54, 1.807) is 12.1 Å². The SMILES string of the molecule is Cc1nsc(Sc2ccc(C(=O)O)c(N)c2)n1. The third-order valence-corrected chi connectivity index (χ3v) is 3.80. The molecule has 5 nitrogen and oxygen atoms in total. The molecule has 0 amide bonds. The molecular formula is C10H9N3O2S2. The van der Waals surface area contributed by atoms with Crippen LogP contribution in [0.5, 0.6) is 0 Å². The Morgan fingerprint density at radius 1 is 1.53 bits per heavy atom. The molecule has 0 atom stereocenters. The van der Waals surface area contributed by atoms with Gasteiger partial charge in [-0.1, -0.05) is 11.8 Å². The van der Waals surface area contributed by atoms with Gasteiger partial charge in [0.1, 0.15) is 5.82 Å². The van der Waals surface area contributed by atoms with Crippen LogP contribution >= 0.6 is 23.3 Å². The van der Waals surface area contributed by atoms with Crippen molar-refractivity contribution in [2.24, 2.45) is 0 Å². The largest absolute Gasteiger partial charge is 0.478 e. The predicted octanol–water partition coefficient (Wildman–Crippen LogP) is 2.28. The van der Waals surface area contributed by atoms with Crippen molar-refractivity contribution < 1.29 is 9.90 Å². The second-order valence-electron chi connectivity index (χ2n) is 3.26. The molecule has 3 N–H and O–H groups in total. The smallest absolute Gasteiger partial charge is 0.337 e. The average Bonchev–Trinajstić information content (AvgIpc) is 2.63. The molecule has 1 aromatic carbocycles. The molecule has 0 bridgehead atoms. The highest BCUT2D eigenvalue weighted by atomic mass is 32.2. The van der Waals surface area contributed by atoms with E-state index in [2.05, 4.69) is 9.36 Å². The molecule has 0 spiro atoms. The number of aromatic carboxylic acids is 1. The van der Waals surface area contributed by atoms with Crippen molar-refractivity contribution in [3.63, 3.8) is 0 Å². The van der Waals surface area contributed by atoms with Crippen molar-refractivity contribution >= 4 is 35.0 Å². The lowest BCUT2D eigenvalue weighted by molar-refractivity contribution is 0.0698. The van der Waals surface area contributed by atoms with E-state index in [9.17, 15) is 4.79 Å². The van der Waals surface area contributed by atoms with Crippen molar-refractivity contribution in [3.8, 4) is 0 Å². The maximum absolute atomic E-state index is 10.8. The van der Waals surface area contributed by atoms with Gasteiger partial charge in [0.05, 0.1) is 5.56 Å². The molecule has 88 valence electrons. The van der Waals surface area contributed by atoms with E-state index in [0.29, 0.717) is 0 Å². The Kier molecular flexibility index (Phi) is 3.30. The van der Waals surface area contributed by atoms with E-state index in [0.717, 1.165) is 15.1 Å². The van der Waals surface area contributed by atoms with E-state index < -0.39 is 5.97 Å². The number of anilines is 1. The lowest BCUT2D eigenvalue weighted by atomic mass is 10.2. The number of aryl methyl sites for hydroxylation is 1. The minimum absolute atomic E-state index is 0.114. The first kappa shape index (κ1) is 11.9. The monoisotopic (exact) mass is 267 g/mol. The lowest BCUT2D eigenvalue weighted by Gasteiger charge is -2.02. The fourth-order valence-corrected chi connectivity index (χ4v) is 2.89. The third-order valence-electron chi connectivity index (χ3n) is 1.97. The first-order valence-electron chi connectivity index (χ1n) is 4.67. The van der Waals surface area contributed by atoms with Gasteiger partial charge < -0.3 is 10.8 Å². The molecule has 0 radical (unpaired) electrons. The lowest BCUT2D eigenvalue weighted by Crippen LogP contribution is -2.01. The van der Waals surface area contributed by atoms with E-state index >= 15 is 0 Å². The molecule has 17 heavy (non-hydrogen) atoms. The number of carboxylic acid groups (broad SMARTS) is 1. The fraction of sp³-hybridized carbons (Fsp3) is 0.100. The first-order chi connectivity index (χ1) is 8.06. The molecule has 0 aliphatic carbocycles. The standard InChI is InChI=1S/C10H9N3O2S2/c1-5-12-10(17-13-5)16-6-2-3-7(9(14)15)8(11)4-6/h2-4H,11H2,1H3,(H,14,15). The van der Waals surface area contributed by atoms with Crippen LogP contribution in [0.25, 0.3) is 0 Å². The molecule has 0 saturated carbocycles. The number of carbonyl (C=O) groups is 1. The second-order valence-corrected chi connectivity index (χ2v) is 5.34. The predicted molar refractivity (Wildman–Crippen MR) is 66.6 cm³/mol. The highest BCUT2D eigenvalue weighted by molar-refractivity contribution is 8.01. The molecule has 0 aliphatic heterocycles. The summed E-state index contributed by atoms with van der Waals surface area (Å²) in [6.45, 7) is 1.82. The normalized spacial score (nSPS) is 10.4.